The molecule has 1 aromatic carbocycles. The number of aliphatic hydroxyl groups excluding tert-OH is 2. The third-order valence-corrected chi connectivity index (χ3v) is 5.96. The predicted molar refractivity (Wildman–Crippen MR) is 122 cm³/mol. The van der Waals surface area contributed by atoms with E-state index in [4.69, 9.17) is 9.84 Å². The molecule has 0 saturated heterocycles. The van der Waals surface area contributed by atoms with Crippen molar-refractivity contribution in [3.05, 3.63) is 53.6 Å². The Hall–Kier alpha value is -2.64. The zero-order chi connectivity index (χ0) is 23.3. The third-order valence-electron chi connectivity index (χ3n) is 5.96. The number of amides is 2. The van der Waals surface area contributed by atoms with Crippen LogP contribution in [-0.4, -0.2) is 64.9 Å². The van der Waals surface area contributed by atoms with Crippen LogP contribution >= 0.6 is 0 Å². The smallest absolute Gasteiger partial charge is 0.247 e. The van der Waals surface area contributed by atoms with Gasteiger partial charge in [0.1, 0.15) is 18.0 Å². The molecule has 1 aromatic rings. The van der Waals surface area contributed by atoms with Crippen molar-refractivity contribution < 1.29 is 24.5 Å². The van der Waals surface area contributed by atoms with Crippen LogP contribution in [0, 0.1) is 5.92 Å². The Bertz CT molecular complexity index is 879. The molecular formula is C25H34N2O5. The minimum Gasteiger partial charge on any atom is -0.486 e. The molecule has 4 atom stereocenters. The van der Waals surface area contributed by atoms with Gasteiger partial charge in [-0.2, -0.15) is 0 Å². The van der Waals surface area contributed by atoms with Gasteiger partial charge in [-0.3, -0.25) is 9.59 Å². The molecule has 0 saturated carbocycles. The lowest BCUT2D eigenvalue weighted by molar-refractivity contribution is -0.132. The number of carbonyl (C=O) groups excluding carboxylic acids is 2. The Balaban J connectivity index is 2.02. The topological polar surface area (TPSA) is 99.1 Å². The quantitative estimate of drug-likeness (QED) is 0.509. The van der Waals surface area contributed by atoms with Crippen molar-refractivity contribution in [3.63, 3.8) is 0 Å². The number of hydrogen-bond donors (Lipinski definition) is 3. The lowest BCUT2D eigenvalue weighted by atomic mass is 9.77. The molecule has 0 radical (unpaired) electrons. The van der Waals surface area contributed by atoms with E-state index in [0.29, 0.717) is 23.8 Å². The average Bonchev–Trinajstić information content (AvgIpc) is 3.17. The Labute approximate surface area is 189 Å². The first-order valence-electron chi connectivity index (χ1n) is 11.4. The van der Waals surface area contributed by atoms with Crippen LogP contribution in [0.15, 0.2) is 48.1 Å². The number of rotatable bonds is 9. The van der Waals surface area contributed by atoms with E-state index in [-0.39, 0.29) is 25.0 Å². The molecular weight excluding hydrogens is 408 g/mol. The Morgan fingerprint density at radius 3 is 2.72 bits per heavy atom. The van der Waals surface area contributed by atoms with E-state index in [1.54, 1.807) is 17.1 Å². The molecule has 0 aromatic heterocycles. The Kier molecular flexibility index (Phi) is 8.10. The molecule has 2 amide bonds. The summed E-state index contributed by atoms with van der Waals surface area (Å²) in [5.41, 5.74) is 1.29. The molecule has 0 spiro atoms. The minimum absolute atomic E-state index is 0.124. The van der Waals surface area contributed by atoms with Crippen molar-refractivity contribution in [2.24, 2.45) is 5.92 Å². The summed E-state index contributed by atoms with van der Waals surface area (Å²) in [6.07, 6.45) is 4.86. The number of fused-ring (bicyclic) bond motifs is 3. The number of nitrogens with one attached hydrogen (secondary N) is 1. The second-order valence-corrected chi connectivity index (χ2v) is 8.71. The van der Waals surface area contributed by atoms with E-state index in [1.807, 2.05) is 31.2 Å². The van der Waals surface area contributed by atoms with Gasteiger partial charge in [0.2, 0.25) is 11.8 Å². The second kappa shape index (κ2) is 10.8. The molecule has 4 unspecified atom stereocenters. The molecule has 3 rings (SSSR count). The number of carbonyl (C=O) groups is 2. The molecule has 7 heteroatoms. The normalized spacial score (nSPS) is 24.0. The average molecular weight is 443 g/mol. The van der Waals surface area contributed by atoms with Crippen molar-refractivity contribution >= 4 is 11.8 Å². The van der Waals surface area contributed by atoms with Crippen LogP contribution in [0.25, 0.3) is 0 Å². The first-order valence-corrected chi connectivity index (χ1v) is 11.4. The van der Waals surface area contributed by atoms with E-state index in [0.717, 1.165) is 18.4 Å². The number of nitrogens with zero attached hydrogens (tertiary/aromatic N) is 1. The molecule has 2 aliphatic rings. The zero-order valence-corrected chi connectivity index (χ0v) is 19.0. The van der Waals surface area contributed by atoms with E-state index in [9.17, 15) is 14.7 Å². The lowest BCUT2D eigenvalue weighted by Gasteiger charge is -2.40. The first-order chi connectivity index (χ1) is 15.4. The monoisotopic (exact) mass is 442 g/mol. The molecule has 0 bridgehead atoms. The van der Waals surface area contributed by atoms with Crippen molar-refractivity contribution in [1.29, 1.82) is 0 Å². The molecule has 1 aliphatic carbocycles. The fourth-order valence-corrected chi connectivity index (χ4v) is 4.31. The largest absolute Gasteiger partial charge is 0.486 e. The van der Waals surface area contributed by atoms with Crippen LogP contribution in [-0.2, 0) is 9.59 Å². The fourth-order valence-electron chi connectivity index (χ4n) is 4.31. The summed E-state index contributed by atoms with van der Waals surface area (Å²) in [6, 6.07) is 6.74. The van der Waals surface area contributed by atoms with Crippen LogP contribution < -0.4 is 10.1 Å². The number of para-hydroxylation sites is 1. The first kappa shape index (κ1) is 24.0. The molecule has 3 N–H and O–H groups in total. The highest BCUT2D eigenvalue weighted by atomic mass is 16.5. The number of hydrogen-bond acceptors (Lipinski definition) is 5. The predicted octanol–water partition coefficient (Wildman–Crippen LogP) is 2.15. The zero-order valence-electron chi connectivity index (χ0n) is 19.0. The van der Waals surface area contributed by atoms with Gasteiger partial charge in [0.15, 0.2) is 0 Å². The van der Waals surface area contributed by atoms with Crippen molar-refractivity contribution in [2.45, 2.75) is 57.8 Å². The summed E-state index contributed by atoms with van der Waals surface area (Å²) in [7, 11) is 0. The van der Waals surface area contributed by atoms with Crippen molar-refractivity contribution in [2.75, 3.05) is 19.7 Å². The summed E-state index contributed by atoms with van der Waals surface area (Å²) in [5.74, 6) is 0.0408. The molecule has 1 aliphatic heterocycles. The van der Waals surface area contributed by atoms with Gasteiger partial charge in [-0.15, -0.1) is 0 Å². The standard InChI is InChI=1S/C25H34N2O5/c1-4-5-10-21(29)27(13-11-16(2)3)19-15-18(25(31)26-12-14-28)22-17-8-6-7-9-20(17)32-24(22)23(19)30/h5-10,15-16,19,22-24,28,30H,4,11-14H2,1-3H3,(H,26,31). The second-order valence-electron chi connectivity index (χ2n) is 8.71. The summed E-state index contributed by atoms with van der Waals surface area (Å²) in [6.45, 7) is 6.52. The van der Waals surface area contributed by atoms with Crippen LogP contribution in [0.2, 0.25) is 0 Å². The Morgan fingerprint density at radius 1 is 1.28 bits per heavy atom. The fraction of sp³-hybridized carbons (Fsp3) is 0.520. The minimum atomic E-state index is -0.993. The van der Waals surface area contributed by atoms with Gasteiger partial charge in [-0.25, -0.2) is 0 Å². The number of benzene rings is 1. The van der Waals surface area contributed by atoms with Gasteiger partial charge >= 0.3 is 0 Å². The molecule has 32 heavy (non-hydrogen) atoms. The van der Waals surface area contributed by atoms with E-state index in [1.165, 1.54) is 6.08 Å². The van der Waals surface area contributed by atoms with Gasteiger partial charge in [-0.05, 0) is 37.0 Å². The van der Waals surface area contributed by atoms with Gasteiger partial charge in [-0.1, -0.05) is 45.0 Å². The number of ether oxygens (including phenoxy) is 1. The van der Waals surface area contributed by atoms with E-state index < -0.39 is 24.2 Å². The maximum Gasteiger partial charge on any atom is 0.247 e. The van der Waals surface area contributed by atoms with Crippen molar-refractivity contribution in [1.82, 2.24) is 10.2 Å². The SMILES string of the molecule is CCC=CC(=O)N(CCC(C)C)C1C=C(C(=O)NCCO)C2c3ccccc3OC2C1O. The highest BCUT2D eigenvalue weighted by Gasteiger charge is 2.50. The molecule has 0 fully saturated rings. The van der Waals surface area contributed by atoms with Gasteiger partial charge < -0.3 is 25.2 Å². The number of allylic oxidation sites excluding steroid dienone is 1. The molecule has 174 valence electrons. The van der Waals surface area contributed by atoms with Crippen molar-refractivity contribution in [3.8, 4) is 5.75 Å². The lowest BCUT2D eigenvalue weighted by Crippen LogP contribution is -2.55. The van der Waals surface area contributed by atoms with Crippen LogP contribution in [0.3, 0.4) is 0 Å². The summed E-state index contributed by atoms with van der Waals surface area (Å²) >= 11 is 0. The molecule has 1 heterocycles. The number of aliphatic hydroxyl groups is 2. The van der Waals surface area contributed by atoms with Crippen LogP contribution in [0.1, 0.15) is 45.1 Å². The maximum atomic E-state index is 13.0. The third kappa shape index (κ3) is 5.05. The van der Waals surface area contributed by atoms with Crippen LogP contribution in [0.5, 0.6) is 5.75 Å². The van der Waals surface area contributed by atoms with Gasteiger partial charge in [0, 0.05) is 24.2 Å². The molecule has 7 nitrogen and oxygen atoms in total. The van der Waals surface area contributed by atoms with Gasteiger partial charge in [0.05, 0.1) is 18.6 Å². The summed E-state index contributed by atoms with van der Waals surface area (Å²) in [4.78, 5) is 27.7. The van der Waals surface area contributed by atoms with Crippen LogP contribution in [0.4, 0.5) is 0 Å². The highest BCUT2D eigenvalue weighted by molar-refractivity contribution is 5.96. The van der Waals surface area contributed by atoms with E-state index in [2.05, 4.69) is 19.2 Å². The highest BCUT2D eigenvalue weighted by Crippen LogP contribution is 2.47. The maximum absolute atomic E-state index is 13.0. The van der Waals surface area contributed by atoms with Gasteiger partial charge in [0.25, 0.3) is 0 Å². The summed E-state index contributed by atoms with van der Waals surface area (Å²) in [5, 5.41) is 23.2. The summed E-state index contributed by atoms with van der Waals surface area (Å²) < 4.78 is 6.10. The van der Waals surface area contributed by atoms with E-state index >= 15 is 0 Å². The Morgan fingerprint density at radius 2 is 2.03 bits per heavy atom.